The van der Waals surface area contributed by atoms with Crippen molar-refractivity contribution in [2.45, 2.75) is 23.8 Å². The van der Waals surface area contributed by atoms with Crippen molar-refractivity contribution in [1.29, 1.82) is 0 Å². The number of amides is 1. The lowest BCUT2D eigenvalue weighted by Crippen LogP contribution is -2.46. The average Bonchev–Trinajstić information content (AvgIpc) is 2.73. The van der Waals surface area contributed by atoms with Gasteiger partial charge in [0.25, 0.3) is 15.0 Å². The number of carbonyl (C=O) groups excluding carboxylic acids is 1. The Bertz CT molecular complexity index is 684. The Labute approximate surface area is 136 Å². The van der Waals surface area contributed by atoms with E-state index in [1.807, 2.05) is 6.92 Å². The van der Waals surface area contributed by atoms with Gasteiger partial charge in [-0.15, -0.1) is 0 Å². The van der Waals surface area contributed by atoms with Gasteiger partial charge in [-0.3, -0.25) is 4.79 Å². The van der Waals surface area contributed by atoms with E-state index in [0.717, 1.165) is 6.07 Å². The summed E-state index contributed by atoms with van der Waals surface area (Å²) in [5.74, 6) is -0.508. The maximum atomic E-state index is 12.3. The van der Waals surface area contributed by atoms with Crippen LogP contribution in [-0.2, 0) is 13.8 Å². The Morgan fingerprint density at radius 1 is 1.33 bits per heavy atom. The molecule has 1 aromatic rings. The van der Waals surface area contributed by atoms with Gasteiger partial charge in [0.15, 0.2) is 0 Å². The van der Waals surface area contributed by atoms with Crippen molar-refractivity contribution >= 4 is 48.8 Å². The van der Waals surface area contributed by atoms with Gasteiger partial charge in [-0.1, -0.05) is 23.2 Å². The summed E-state index contributed by atoms with van der Waals surface area (Å²) in [6.45, 7) is 2.76. The normalized spacial score (nSPS) is 22.3. The highest BCUT2D eigenvalue weighted by atomic mass is 35.7. The monoisotopic (exact) mass is 371 g/mol. The van der Waals surface area contributed by atoms with Gasteiger partial charge in [-0.05, 0) is 25.5 Å². The molecule has 1 fully saturated rings. The van der Waals surface area contributed by atoms with E-state index in [1.54, 1.807) is 0 Å². The predicted octanol–water partition coefficient (Wildman–Crippen LogP) is 2.83. The Balaban J connectivity index is 2.37. The highest BCUT2D eigenvalue weighted by molar-refractivity contribution is 8.13. The van der Waals surface area contributed by atoms with Crippen molar-refractivity contribution in [3.05, 3.63) is 27.7 Å². The summed E-state index contributed by atoms with van der Waals surface area (Å²) in [7, 11) is 1.21. The van der Waals surface area contributed by atoms with Crippen molar-refractivity contribution in [2.24, 2.45) is 0 Å². The summed E-state index contributed by atoms with van der Waals surface area (Å²) in [6.07, 6.45) is 0.657. The molecule has 0 saturated carbocycles. The predicted molar refractivity (Wildman–Crippen MR) is 80.8 cm³/mol. The second kappa shape index (κ2) is 5.93. The maximum absolute atomic E-state index is 12.3. The first-order valence-electron chi connectivity index (χ1n) is 5.96. The van der Waals surface area contributed by atoms with E-state index in [2.05, 4.69) is 5.32 Å². The molecule has 1 atom stereocenters. The van der Waals surface area contributed by atoms with E-state index in [4.69, 9.17) is 38.6 Å². The number of rotatable bonds is 3. The number of hydrogen-bond donors (Lipinski definition) is 1. The molecule has 1 aromatic carbocycles. The molecule has 1 aliphatic rings. The molecule has 0 aromatic heterocycles. The average molecular weight is 373 g/mol. The lowest BCUT2D eigenvalue weighted by atomic mass is 10.0. The second-order valence-corrected chi connectivity index (χ2v) is 8.37. The third kappa shape index (κ3) is 3.81. The summed E-state index contributed by atoms with van der Waals surface area (Å²) >= 11 is 11.8. The summed E-state index contributed by atoms with van der Waals surface area (Å²) in [5, 5.41) is 2.69. The second-order valence-electron chi connectivity index (χ2n) is 5.02. The molecule has 0 aliphatic carbocycles. The van der Waals surface area contributed by atoms with E-state index >= 15 is 0 Å². The first-order valence-corrected chi connectivity index (χ1v) is 9.03. The fourth-order valence-corrected chi connectivity index (χ4v) is 3.82. The zero-order chi connectivity index (χ0) is 15.8. The van der Waals surface area contributed by atoms with Crippen LogP contribution in [0.4, 0.5) is 0 Å². The SMILES string of the molecule is CC1(NC(=O)c2cc(S(=O)(=O)Cl)c(Cl)cc2Cl)CCOC1. The molecule has 1 N–H and O–H groups in total. The molecule has 1 aliphatic heterocycles. The Kier molecular flexibility index (Phi) is 4.75. The van der Waals surface area contributed by atoms with Crippen molar-refractivity contribution < 1.29 is 17.9 Å². The van der Waals surface area contributed by atoms with Gasteiger partial charge in [-0.2, -0.15) is 0 Å². The standard InChI is InChI=1S/C12H12Cl3NO4S/c1-12(2-3-20-6-12)16-11(17)7-4-10(21(15,18)19)9(14)5-8(7)13/h4-5H,2-3,6H2,1H3,(H,16,17). The molecule has 116 valence electrons. The first kappa shape index (κ1) is 16.8. The van der Waals surface area contributed by atoms with Crippen LogP contribution in [0.5, 0.6) is 0 Å². The van der Waals surface area contributed by atoms with Crippen LogP contribution in [-0.4, -0.2) is 33.1 Å². The molecular weight excluding hydrogens is 361 g/mol. The van der Waals surface area contributed by atoms with Gasteiger partial charge in [0.1, 0.15) is 4.90 Å². The van der Waals surface area contributed by atoms with Crippen LogP contribution in [0.2, 0.25) is 10.0 Å². The van der Waals surface area contributed by atoms with Gasteiger partial charge >= 0.3 is 0 Å². The molecule has 0 radical (unpaired) electrons. The minimum Gasteiger partial charge on any atom is -0.379 e. The van der Waals surface area contributed by atoms with Crippen molar-refractivity contribution in [2.75, 3.05) is 13.2 Å². The van der Waals surface area contributed by atoms with Crippen LogP contribution in [0.15, 0.2) is 17.0 Å². The van der Waals surface area contributed by atoms with E-state index in [-0.39, 0.29) is 20.5 Å². The number of ether oxygens (including phenoxy) is 1. The van der Waals surface area contributed by atoms with Crippen LogP contribution in [0, 0.1) is 0 Å². The Hall–Kier alpha value is -0.530. The zero-order valence-electron chi connectivity index (χ0n) is 11.0. The van der Waals surface area contributed by atoms with Crippen molar-refractivity contribution in [1.82, 2.24) is 5.32 Å². The lowest BCUT2D eigenvalue weighted by molar-refractivity contribution is 0.0890. The molecule has 2 rings (SSSR count). The van der Waals surface area contributed by atoms with Gasteiger partial charge in [0.2, 0.25) is 0 Å². The Morgan fingerprint density at radius 2 is 2.00 bits per heavy atom. The van der Waals surface area contributed by atoms with E-state index in [9.17, 15) is 13.2 Å². The van der Waals surface area contributed by atoms with Gasteiger partial charge in [-0.25, -0.2) is 8.42 Å². The highest BCUT2D eigenvalue weighted by Crippen LogP contribution is 2.31. The van der Waals surface area contributed by atoms with E-state index < -0.39 is 20.5 Å². The molecule has 0 spiro atoms. The first-order chi connectivity index (χ1) is 9.62. The van der Waals surface area contributed by atoms with Crippen molar-refractivity contribution in [3.8, 4) is 0 Å². The quantitative estimate of drug-likeness (QED) is 0.828. The number of halogens is 3. The van der Waals surface area contributed by atoms with Crippen LogP contribution in [0.1, 0.15) is 23.7 Å². The molecule has 5 nitrogen and oxygen atoms in total. The molecule has 9 heteroatoms. The minimum absolute atomic E-state index is 0.00610. The van der Waals surface area contributed by atoms with Crippen LogP contribution < -0.4 is 5.32 Å². The summed E-state index contributed by atoms with van der Waals surface area (Å²) in [6, 6.07) is 2.25. The Morgan fingerprint density at radius 3 is 2.52 bits per heavy atom. The number of carbonyl (C=O) groups is 1. The summed E-state index contributed by atoms with van der Waals surface area (Å²) in [4.78, 5) is 11.9. The summed E-state index contributed by atoms with van der Waals surface area (Å²) < 4.78 is 28.1. The number of nitrogens with one attached hydrogen (secondary N) is 1. The number of hydrogen-bond acceptors (Lipinski definition) is 4. The van der Waals surface area contributed by atoms with Gasteiger partial charge in [0.05, 0.1) is 27.8 Å². The topological polar surface area (TPSA) is 72.5 Å². The molecule has 1 unspecified atom stereocenters. The van der Waals surface area contributed by atoms with E-state index in [1.165, 1.54) is 6.07 Å². The smallest absolute Gasteiger partial charge is 0.262 e. The molecule has 1 heterocycles. The molecule has 1 saturated heterocycles. The number of benzene rings is 1. The third-order valence-corrected chi connectivity index (χ3v) is 5.26. The van der Waals surface area contributed by atoms with Crippen LogP contribution >= 0.6 is 33.9 Å². The fourth-order valence-electron chi connectivity index (χ4n) is 2.00. The van der Waals surface area contributed by atoms with E-state index in [0.29, 0.717) is 19.6 Å². The zero-order valence-corrected chi connectivity index (χ0v) is 14.0. The molecular formula is C12H12Cl3NO4S. The maximum Gasteiger partial charge on any atom is 0.262 e. The fraction of sp³-hybridized carbons (Fsp3) is 0.417. The van der Waals surface area contributed by atoms with Gasteiger partial charge < -0.3 is 10.1 Å². The minimum atomic E-state index is -4.07. The van der Waals surface area contributed by atoms with Crippen molar-refractivity contribution in [3.63, 3.8) is 0 Å². The largest absolute Gasteiger partial charge is 0.379 e. The highest BCUT2D eigenvalue weighted by Gasteiger charge is 2.32. The molecule has 1 amide bonds. The van der Waals surface area contributed by atoms with Gasteiger partial charge in [0, 0.05) is 17.3 Å². The summed E-state index contributed by atoms with van der Waals surface area (Å²) in [5.41, 5.74) is -0.520. The third-order valence-electron chi connectivity index (χ3n) is 3.16. The van der Waals surface area contributed by atoms with Crippen LogP contribution in [0.25, 0.3) is 0 Å². The lowest BCUT2D eigenvalue weighted by Gasteiger charge is -2.24. The molecule has 21 heavy (non-hydrogen) atoms. The molecule has 0 bridgehead atoms. The van der Waals surface area contributed by atoms with Crippen LogP contribution in [0.3, 0.4) is 0 Å².